The average Bonchev–Trinajstić information content (AvgIpc) is 3.49. The third kappa shape index (κ3) is 4.42. The molecule has 1 aliphatic heterocycles. The molecule has 0 saturated carbocycles. The van der Waals surface area contributed by atoms with Crippen LogP contribution in [0.25, 0.3) is 65.3 Å². The van der Waals surface area contributed by atoms with Gasteiger partial charge in [0.1, 0.15) is 5.66 Å². The van der Waals surface area contributed by atoms with Gasteiger partial charge in [0.2, 0.25) is 0 Å². The Morgan fingerprint density at radius 1 is 0.540 bits per heavy atom. The summed E-state index contributed by atoms with van der Waals surface area (Å²) in [6.45, 7) is 2.34. The molecule has 10 rings (SSSR count). The zero-order chi connectivity index (χ0) is 33.2. The number of nitrogens with one attached hydrogen (secondary N) is 1. The van der Waals surface area contributed by atoms with Crippen LogP contribution >= 0.6 is 0 Å². The molecule has 1 N–H and O–H groups in total. The fraction of sp³-hybridized carbons (Fsp3) is 0.0833. The van der Waals surface area contributed by atoms with Crippen LogP contribution < -0.4 is 10.2 Å². The Kier molecular flexibility index (Phi) is 6.47. The predicted octanol–water partition coefficient (Wildman–Crippen LogP) is 13.0. The van der Waals surface area contributed by atoms with Gasteiger partial charge in [-0.3, -0.25) is 0 Å². The van der Waals surface area contributed by atoms with Gasteiger partial charge in [0.05, 0.1) is 11.4 Å². The van der Waals surface area contributed by atoms with Crippen LogP contribution in [-0.4, -0.2) is 0 Å². The van der Waals surface area contributed by atoms with Gasteiger partial charge < -0.3 is 10.2 Å². The van der Waals surface area contributed by atoms with Crippen LogP contribution in [0.4, 0.5) is 11.4 Å². The number of fused-ring (bicyclic) bond motifs is 5. The highest BCUT2D eigenvalue weighted by molar-refractivity contribution is 6.22. The summed E-state index contributed by atoms with van der Waals surface area (Å²) < 4.78 is 0. The molecule has 1 unspecified atom stereocenters. The van der Waals surface area contributed by atoms with Crippen LogP contribution in [0.5, 0.6) is 0 Å². The lowest BCUT2D eigenvalue weighted by Gasteiger charge is -2.40. The lowest BCUT2D eigenvalue weighted by Crippen LogP contribution is -2.45. The van der Waals surface area contributed by atoms with E-state index in [9.17, 15) is 0 Å². The molecule has 1 aliphatic carbocycles. The second-order valence-corrected chi connectivity index (χ2v) is 13.9. The zero-order valence-electron chi connectivity index (χ0n) is 28.0. The van der Waals surface area contributed by atoms with Gasteiger partial charge in [0.25, 0.3) is 0 Å². The van der Waals surface area contributed by atoms with Crippen LogP contribution in [0, 0.1) is 0 Å². The molecule has 0 fully saturated rings. The topological polar surface area (TPSA) is 15.3 Å². The van der Waals surface area contributed by atoms with Crippen LogP contribution in [-0.2, 0) is 5.66 Å². The first-order valence-corrected chi connectivity index (χ1v) is 17.7. The number of hydrogen-bond acceptors (Lipinski definition) is 2. The van der Waals surface area contributed by atoms with E-state index < -0.39 is 5.66 Å². The molecule has 0 spiro atoms. The Bertz CT molecular complexity index is 2720. The number of rotatable bonds is 4. The first-order chi connectivity index (χ1) is 24.7. The van der Waals surface area contributed by atoms with Crippen molar-refractivity contribution in [3.63, 3.8) is 0 Å². The Hall–Kier alpha value is -6.12. The third-order valence-electron chi connectivity index (χ3n) is 10.9. The SMILES string of the molecule is CC1(c2ccc3c(-c4ccc5ccccc5c4)c4ccccc4c(-c4ccc5ccccc5c4)c3c2)Nc2ccccc2N1C1=CC=CCC1. The summed E-state index contributed by atoms with van der Waals surface area (Å²) in [7, 11) is 0. The summed E-state index contributed by atoms with van der Waals surface area (Å²) in [5, 5.41) is 14.1. The quantitative estimate of drug-likeness (QED) is 0.193. The normalized spacial score (nSPS) is 17.0. The molecular weight excluding hydrogens is 605 g/mol. The van der Waals surface area contributed by atoms with Crippen molar-refractivity contribution < 1.29 is 0 Å². The van der Waals surface area contributed by atoms with E-state index in [1.54, 1.807) is 0 Å². The number of benzene rings is 8. The molecule has 0 radical (unpaired) electrons. The first kappa shape index (κ1) is 28.9. The van der Waals surface area contributed by atoms with Crippen molar-refractivity contribution in [2.75, 3.05) is 10.2 Å². The number of para-hydroxylation sites is 2. The number of hydrogen-bond donors (Lipinski definition) is 1. The largest absolute Gasteiger partial charge is 0.357 e. The Morgan fingerprint density at radius 2 is 1.12 bits per heavy atom. The van der Waals surface area contributed by atoms with Crippen molar-refractivity contribution in [1.82, 2.24) is 0 Å². The van der Waals surface area contributed by atoms with Crippen molar-refractivity contribution in [2.24, 2.45) is 0 Å². The van der Waals surface area contributed by atoms with Gasteiger partial charge in [-0.1, -0.05) is 133 Å². The van der Waals surface area contributed by atoms with Gasteiger partial charge in [-0.05, 0) is 127 Å². The molecule has 1 heterocycles. The van der Waals surface area contributed by atoms with E-state index in [1.807, 2.05) is 0 Å². The second kappa shape index (κ2) is 11.2. The average molecular weight is 641 g/mol. The van der Waals surface area contributed by atoms with Gasteiger partial charge in [-0.25, -0.2) is 0 Å². The Labute approximate surface area is 292 Å². The highest BCUT2D eigenvalue weighted by atomic mass is 15.4. The van der Waals surface area contributed by atoms with Gasteiger partial charge in [0.15, 0.2) is 0 Å². The summed E-state index contributed by atoms with van der Waals surface area (Å²) in [5.74, 6) is 0. The minimum Gasteiger partial charge on any atom is -0.357 e. The van der Waals surface area contributed by atoms with Crippen molar-refractivity contribution in [2.45, 2.75) is 25.4 Å². The molecule has 2 heteroatoms. The monoisotopic (exact) mass is 640 g/mol. The highest BCUT2D eigenvalue weighted by Gasteiger charge is 2.43. The summed E-state index contributed by atoms with van der Waals surface area (Å²) in [6.07, 6.45) is 8.82. The van der Waals surface area contributed by atoms with E-state index in [1.165, 1.54) is 82.3 Å². The van der Waals surface area contributed by atoms with Gasteiger partial charge in [-0.15, -0.1) is 0 Å². The molecule has 0 bridgehead atoms. The third-order valence-corrected chi connectivity index (χ3v) is 10.9. The first-order valence-electron chi connectivity index (χ1n) is 17.7. The molecule has 238 valence electrons. The van der Waals surface area contributed by atoms with E-state index in [-0.39, 0.29) is 0 Å². The predicted molar refractivity (Wildman–Crippen MR) is 214 cm³/mol. The smallest absolute Gasteiger partial charge is 0.138 e. The molecular formula is C48H36N2. The van der Waals surface area contributed by atoms with Crippen molar-refractivity contribution in [1.29, 1.82) is 0 Å². The maximum Gasteiger partial charge on any atom is 0.138 e. The Morgan fingerprint density at radius 3 is 1.78 bits per heavy atom. The van der Waals surface area contributed by atoms with E-state index in [0.717, 1.165) is 18.5 Å². The molecule has 0 aromatic heterocycles. The molecule has 2 aliphatic rings. The second-order valence-electron chi connectivity index (χ2n) is 13.9. The van der Waals surface area contributed by atoms with Crippen LogP contribution in [0.3, 0.4) is 0 Å². The van der Waals surface area contributed by atoms with Crippen molar-refractivity contribution in [3.8, 4) is 22.3 Å². The standard InChI is InChI=1S/C48H36N2/c1-48(49-44-21-11-12-22-45(44)50(48)39-17-3-2-4-18-39)38-27-28-42-43(31-38)47(37-26-24-33-14-6-8-16-35(33)30-37)41-20-10-9-19-40(41)46(42)36-25-23-32-13-5-7-15-34(32)29-36/h2-3,5-17,19-31,49H,4,18H2,1H3. The zero-order valence-corrected chi connectivity index (χ0v) is 28.0. The molecule has 0 saturated heterocycles. The minimum atomic E-state index is -0.482. The fourth-order valence-electron chi connectivity index (χ4n) is 8.55. The number of nitrogens with zero attached hydrogens (tertiary/aromatic N) is 1. The Balaban J connectivity index is 1.29. The number of anilines is 2. The lowest BCUT2D eigenvalue weighted by atomic mass is 9.83. The van der Waals surface area contributed by atoms with Gasteiger partial charge >= 0.3 is 0 Å². The fourth-order valence-corrected chi connectivity index (χ4v) is 8.55. The molecule has 1 atom stereocenters. The van der Waals surface area contributed by atoms with Crippen molar-refractivity contribution >= 4 is 54.5 Å². The van der Waals surface area contributed by atoms with Crippen LogP contribution in [0.1, 0.15) is 25.3 Å². The summed E-state index contributed by atoms with van der Waals surface area (Å²) in [4.78, 5) is 2.54. The maximum atomic E-state index is 3.99. The van der Waals surface area contributed by atoms with E-state index in [2.05, 4.69) is 187 Å². The highest BCUT2D eigenvalue weighted by Crippen LogP contribution is 2.51. The van der Waals surface area contributed by atoms with E-state index in [4.69, 9.17) is 0 Å². The van der Waals surface area contributed by atoms with Crippen LogP contribution in [0.15, 0.2) is 176 Å². The van der Waals surface area contributed by atoms with Gasteiger partial charge in [0, 0.05) is 5.70 Å². The summed E-state index contributed by atoms with van der Waals surface area (Å²) in [5.41, 5.74) is 9.50. The van der Waals surface area contributed by atoms with Crippen LogP contribution in [0.2, 0.25) is 0 Å². The lowest BCUT2D eigenvalue weighted by molar-refractivity contribution is 0.547. The number of allylic oxidation sites excluding steroid dienone is 4. The minimum absolute atomic E-state index is 0.482. The molecule has 0 amide bonds. The maximum absolute atomic E-state index is 3.99. The molecule has 8 aromatic rings. The van der Waals surface area contributed by atoms with Crippen molar-refractivity contribution in [3.05, 3.63) is 181 Å². The van der Waals surface area contributed by atoms with E-state index >= 15 is 0 Å². The summed E-state index contributed by atoms with van der Waals surface area (Å²) in [6, 6.07) is 56.2. The van der Waals surface area contributed by atoms with E-state index in [0.29, 0.717) is 0 Å². The molecule has 8 aromatic carbocycles. The molecule has 50 heavy (non-hydrogen) atoms. The summed E-state index contributed by atoms with van der Waals surface area (Å²) >= 11 is 0. The van der Waals surface area contributed by atoms with Gasteiger partial charge in [-0.2, -0.15) is 0 Å². The molecule has 2 nitrogen and oxygen atoms in total.